The smallest absolute Gasteiger partial charge is 0.197 e. The third-order valence-electron chi connectivity index (χ3n) is 0.940. The molecule has 0 aliphatic rings. The van der Waals surface area contributed by atoms with Gasteiger partial charge in [-0.3, -0.25) is 0 Å². The third-order valence-corrected chi connectivity index (χ3v) is 0.940. The highest BCUT2D eigenvalue weighted by molar-refractivity contribution is 7.59. The van der Waals surface area contributed by atoms with Gasteiger partial charge in [-0.1, -0.05) is 35.9 Å². The first kappa shape index (κ1) is 13.9. The Bertz CT molecular complexity index is 174. The molecular formula is C8H11F3S. The molecule has 0 aromatic heterocycles. The van der Waals surface area contributed by atoms with Crippen LogP contribution in [0.2, 0.25) is 0 Å². The molecule has 0 amide bonds. The molecule has 0 atom stereocenters. The first-order chi connectivity index (χ1) is 5.13. The molecule has 0 saturated carbocycles. The van der Waals surface area contributed by atoms with Crippen LogP contribution in [0.4, 0.5) is 13.2 Å². The molecule has 1 rings (SSSR count). The van der Waals surface area contributed by atoms with E-state index in [1.807, 2.05) is 18.2 Å². The molecular weight excluding hydrogens is 185 g/mol. The Kier molecular flexibility index (Phi) is 9.81. The normalized spacial score (nSPS) is 8.08. The van der Waals surface area contributed by atoms with Crippen LogP contribution >= 0.6 is 13.5 Å². The van der Waals surface area contributed by atoms with Crippen LogP contribution in [-0.2, 0) is 0 Å². The first-order valence-electron chi connectivity index (χ1n) is 3.07. The highest BCUT2D eigenvalue weighted by atomic mass is 32.1. The Labute approximate surface area is 76.9 Å². The van der Waals surface area contributed by atoms with Crippen molar-refractivity contribution in [3.63, 3.8) is 0 Å². The van der Waals surface area contributed by atoms with E-state index in [4.69, 9.17) is 0 Å². The second-order valence-electron chi connectivity index (χ2n) is 1.90. The number of alkyl halides is 3. The lowest BCUT2D eigenvalue weighted by Gasteiger charge is -1.82. The first-order valence-corrected chi connectivity index (χ1v) is 3.07. The summed E-state index contributed by atoms with van der Waals surface area (Å²) in [6.45, 7) is -1.58. The van der Waals surface area contributed by atoms with Crippen molar-refractivity contribution < 1.29 is 13.2 Å². The maximum absolute atomic E-state index is 9.67. The van der Waals surface area contributed by atoms with Crippen molar-refractivity contribution in [3.05, 3.63) is 35.9 Å². The molecule has 0 aliphatic carbocycles. The van der Waals surface area contributed by atoms with Crippen LogP contribution < -0.4 is 0 Å². The molecule has 1 aromatic rings. The van der Waals surface area contributed by atoms with Crippen molar-refractivity contribution in [2.75, 3.05) is 0 Å². The van der Waals surface area contributed by atoms with Gasteiger partial charge in [0.25, 0.3) is 0 Å². The van der Waals surface area contributed by atoms with Crippen molar-refractivity contribution in [1.82, 2.24) is 0 Å². The predicted octanol–water partition coefficient (Wildman–Crippen LogP) is 3.29. The summed E-state index contributed by atoms with van der Waals surface area (Å²) in [6, 6.07) is 10.3. The van der Waals surface area contributed by atoms with Crippen molar-refractivity contribution in [2.24, 2.45) is 0 Å². The number of halogens is 3. The summed E-state index contributed by atoms with van der Waals surface area (Å²) in [5, 5.41) is 0. The van der Waals surface area contributed by atoms with Gasteiger partial charge in [-0.05, 0) is 6.92 Å². The fraction of sp³-hybridized carbons (Fsp3) is 0.250. The zero-order valence-corrected chi connectivity index (χ0v) is 7.60. The van der Waals surface area contributed by atoms with E-state index in [0.29, 0.717) is 0 Å². The third kappa shape index (κ3) is 12.1. The number of benzene rings is 1. The van der Waals surface area contributed by atoms with Crippen molar-refractivity contribution in [3.8, 4) is 0 Å². The summed E-state index contributed by atoms with van der Waals surface area (Å²) in [5.41, 5.74) is 1.32. The van der Waals surface area contributed by atoms with Gasteiger partial charge in [0, 0.05) is 0 Å². The summed E-state index contributed by atoms with van der Waals surface area (Å²) >= 11 is 0. The van der Waals surface area contributed by atoms with Crippen LogP contribution in [0.3, 0.4) is 0 Å². The van der Waals surface area contributed by atoms with Gasteiger partial charge in [0.2, 0.25) is 0 Å². The fourth-order valence-electron chi connectivity index (χ4n) is 0.534. The molecule has 4 heteroatoms. The van der Waals surface area contributed by atoms with E-state index in [1.54, 1.807) is 0 Å². The zero-order chi connectivity index (χ0) is 8.69. The van der Waals surface area contributed by atoms with Crippen LogP contribution in [0.5, 0.6) is 0 Å². The van der Waals surface area contributed by atoms with Gasteiger partial charge in [-0.2, -0.15) is 26.7 Å². The largest absolute Gasteiger partial charge is 0.379 e. The van der Waals surface area contributed by atoms with Crippen LogP contribution in [-0.4, -0.2) is 6.68 Å². The van der Waals surface area contributed by atoms with Crippen molar-refractivity contribution in [2.45, 2.75) is 13.6 Å². The predicted molar refractivity (Wildman–Crippen MR) is 48.7 cm³/mol. The highest BCUT2D eigenvalue weighted by Gasteiger charge is 1.86. The molecule has 0 fully saturated rings. The standard InChI is InChI=1S/C7H8.CHF3.H2S/c1-7-5-3-2-4-6-7;2-1(3)4;/h2-6H,1H3;1H;1H2. The van der Waals surface area contributed by atoms with Gasteiger partial charge < -0.3 is 0 Å². The number of hydrogen-bond donors (Lipinski definition) is 0. The van der Waals surface area contributed by atoms with Crippen LogP contribution in [0.15, 0.2) is 30.3 Å². The summed E-state index contributed by atoms with van der Waals surface area (Å²) in [4.78, 5) is 0. The summed E-state index contributed by atoms with van der Waals surface area (Å²) in [7, 11) is 0. The van der Waals surface area contributed by atoms with Gasteiger partial charge in [0.1, 0.15) is 0 Å². The number of rotatable bonds is 0. The maximum atomic E-state index is 9.67. The molecule has 0 heterocycles. The van der Waals surface area contributed by atoms with E-state index in [9.17, 15) is 13.2 Å². The van der Waals surface area contributed by atoms with E-state index >= 15 is 0 Å². The molecule has 70 valence electrons. The minimum atomic E-state index is -3.67. The van der Waals surface area contributed by atoms with E-state index < -0.39 is 6.68 Å². The summed E-state index contributed by atoms with van der Waals surface area (Å²) in [6.07, 6.45) is 0. The van der Waals surface area contributed by atoms with E-state index in [1.165, 1.54) is 5.56 Å². The fourth-order valence-corrected chi connectivity index (χ4v) is 0.534. The Hall–Kier alpha value is -0.640. The Morgan fingerprint density at radius 3 is 1.50 bits per heavy atom. The lowest BCUT2D eigenvalue weighted by atomic mass is 10.2. The molecule has 0 saturated heterocycles. The average molecular weight is 196 g/mol. The molecule has 12 heavy (non-hydrogen) atoms. The van der Waals surface area contributed by atoms with E-state index in [2.05, 4.69) is 19.1 Å². The molecule has 0 radical (unpaired) electrons. The van der Waals surface area contributed by atoms with Gasteiger partial charge >= 0.3 is 6.68 Å². The minimum Gasteiger partial charge on any atom is -0.197 e. The minimum absolute atomic E-state index is 0. The quantitative estimate of drug-likeness (QED) is 0.597. The average Bonchev–Trinajstić information content (AvgIpc) is 1.87. The van der Waals surface area contributed by atoms with E-state index in [0.717, 1.165) is 0 Å². The molecule has 0 bridgehead atoms. The zero-order valence-electron chi connectivity index (χ0n) is 6.60. The molecule has 1 aromatic carbocycles. The lowest BCUT2D eigenvalue weighted by molar-refractivity contribution is 0.00819. The lowest BCUT2D eigenvalue weighted by Crippen LogP contribution is -1.65. The van der Waals surface area contributed by atoms with Crippen molar-refractivity contribution in [1.29, 1.82) is 0 Å². The highest BCUT2D eigenvalue weighted by Crippen LogP contribution is 1.92. The van der Waals surface area contributed by atoms with Gasteiger partial charge in [-0.15, -0.1) is 0 Å². The molecule has 0 aliphatic heterocycles. The van der Waals surface area contributed by atoms with Crippen LogP contribution in [0.1, 0.15) is 5.56 Å². The molecule has 0 unspecified atom stereocenters. The van der Waals surface area contributed by atoms with E-state index in [-0.39, 0.29) is 13.5 Å². The number of aryl methyl sites for hydroxylation is 1. The van der Waals surface area contributed by atoms with Gasteiger partial charge in [0.05, 0.1) is 0 Å². The molecule has 0 spiro atoms. The van der Waals surface area contributed by atoms with Gasteiger partial charge in [-0.25, -0.2) is 0 Å². The number of hydrogen-bond acceptors (Lipinski definition) is 0. The van der Waals surface area contributed by atoms with Crippen LogP contribution in [0, 0.1) is 6.92 Å². The Morgan fingerprint density at radius 1 is 1.00 bits per heavy atom. The Morgan fingerprint density at radius 2 is 1.33 bits per heavy atom. The SMILES string of the molecule is Cc1ccccc1.FC(F)F.S. The maximum Gasteiger partial charge on any atom is 0.379 e. The van der Waals surface area contributed by atoms with Crippen LogP contribution in [0.25, 0.3) is 0 Å². The van der Waals surface area contributed by atoms with Crippen molar-refractivity contribution >= 4 is 13.5 Å². The summed E-state index contributed by atoms with van der Waals surface area (Å²) in [5.74, 6) is 0. The molecule has 0 N–H and O–H groups in total. The topological polar surface area (TPSA) is 0 Å². The van der Waals surface area contributed by atoms with Gasteiger partial charge in [0.15, 0.2) is 0 Å². The Balaban J connectivity index is 0. The second kappa shape index (κ2) is 8.46. The second-order valence-corrected chi connectivity index (χ2v) is 1.90. The monoisotopic (exact) mass is 196 g/mol. The molecule has 0 nitrogen and oxygen atoms in total. The summed E-state index contributed by atoms with van der Waals surface area (Å²) < 4.78 is 29.0.